The monoisotopic (exact) mass is 345 g/mol. The Morgan fingerprint density at radius 3 is 2.33 bits per heavy atom. The number of nitrogens with zero attached hydrogens (tertiary/aromatic N) is 1. The van der Waals surface area contributed by atoms with Gasteiger partial charge in [0.1, 0.15) is 5.82 Å². The summed E-state index contributed by atoms with van der Waals surface area (Å²) in [5.74, 6) is -1.52. The van der Waals surface area contributed by atoms with Gasteiger partial charge in [0.2, 0.25) is 5.91 Å². The van der Waals surface area contributed by atoms with Crippen molar-refractivity contribution in [3.05, 3.63) is 71.0 Å². The highest BCUT2D eigenvalue weighted by molar-refractivity contribution is 7.78. The van der Waals surface area contributed by atoms with E-state index in [0.29, 0.717) is 11.1 Å². The second-order valence-electron chi connectivity index (χ2n) is 5.50. The molecule has 5 nitrogen and oxygen atoms in total. The zero-order valence-corrected chi connectivity index (χ0v) is 13.3. The first-order chi connectivity index (χ1) is 11.5. The van der Waals surface area contributed by atoms with Gasteiger partial charge < -0.3 is 4.55 Å². The van der Waals surface area contributed by atoms with E-state index in [1.54, 1.807) is 42.6 Å². The van der Waals surface area contributed by atoms with Crippen LogP contribution in [-0.2, 0) is 21.6 Å². The number of halogens is 1. The Labute approximate surface area is 140 Å². The molecular weight excluding hydrogens is 331 g/mol. The molecule has 7 heteroatoms. The fourth-order valence-electron chi connectivity index (χ4n) is 2.78. The lowest BCUT2D eigenvalue weighted by Gasteiger charge is -2.26. The van der Waals surface area contributed by atoms with Gasteiger partial charge >= 0.3 is 0 Å². The molecule has 24 heavy (non-hydrogen) atoms. The summed E-state index contributed by atoms with van der Waals surface area (Å²) >= 11 is -2.15. The first-order valence-corrected chi connectivity index (χ1v) is 8.52. The molecule has 3 atom stereocenters. The predicted octanol–water partition coefficient (Wildman–Crippen LogP) is 2.19. The third-order valence-electron chi connectivity index (χ3n) is 3.93. The standard InChI is InChI=1S/C17H15FN2O3S/c18-14-7-5-13(6-8-14)16-15(9-19-20-17(16)21)12-3-1-11(2-4-12)10-24(22)23/h1-9,15-16H,10H2,(H,20,21)(H,22,23)/p-1. The normalized spacial score (nSPS) is 21.3. The van der Waals surface area contributed by atoms with Crippen LogP contribution in [0, 0.1) is 5.82 Å². The lowest BCUT2D eigenvalue weighted by atomic mass is 9.81. The second kappa shape index (κ2) is 7.02. The molecule has 1 aliphatic heterocycles. The molecule has 0 saturated heterocycles. The molecule has 0 saturated carbocycles. The van der Waals surface area contributed by atoms with Crippen LogP contribution in [0.25, 0.3) is 0 Å². The summed E-state index contributed by atoms with van der Waals surface area (Å²) < 4.78 is 34.7. The smallest absolute Gasteiger partial charge is 0.248 e. The summed E-state index contributed by atoms with van der Waals surface area (Å²) in [4.78, 5) is 12.3. The highest BCUT2D eigenvalue weighted by atomic mass is 32.2. The molecule has 1 aliphatic rings. The topological polar surface area (TPSA) is 81.6 Å². The molecule has 124 valence electrons. The minimum absolute atomic E-state index is 0.0547. The van der Waals surface area contributed by atoms with Gasteiger partial charge in [-0.3, -0.25) is 9.00 Å². The maximum Gasteiger partial charge on any atom is 0.248 e. The Bertz CT molecular complexity index is 790. The number of amides is 1. The Morgan fingerprint density at radius 1 is 1.08 bits per heavy atom. The summed E-state index contributed by atoms with van der Waals surface area (Å²) in [6.07, 6.45) is 1.64. The van der Waals surface area contributed by atoms with E-state index in [2.05, 4.69) is 10.5 Å². The van der Waals surface area contributed by atoms with Crippen LogP contribution in [-0.4, -0.2) is 20.9 Å². The quantitative estimate of drug-likeness (QED) is 0.863. The zero-order chi connectivity index (χ0) is 17.1. The molecule has 0 spiro atoms. The third kappa shape index (κ3) is 3.58. The first-order valence-electron chi connectivity index (χ1n) is 7.28. The number of hydrogen-bond donors (Lipinski definition) is 1. The van der Waals surface area contributed by atoms with Crippen LogP contribution in [0.15, 0.2) is 53.6 Å². The molecule has 0 radical (unpaired) electrons. The van der Waals surface area contributed by atoms with Crippen LogP contribution in [0.3, 0.4) is 0 Å². The summed E-state index contributed by atoms with van der Waals surface area (Å²) in [6, 6.07) is 12.8. The molecule has 0 aromatic heterocycles. The maximum absolute atomic E-state index is 13.1. The van der Waals surface area contributed by atoms with Crippen molar-refractivity contribution in [3.63, 3.8) is 0 Å². The zero-order valence-electron chi connectivity index (χ0n) is 12.5. The fourth-order valence-corrected chi connectivity index (χ4v) is 3.24. The van der Waals surface area contributed by atoms with E-state index in [1.165, 1.54) is 12.1 Å². The van der Waals surface area contributed by atoms with E-state index >= 15 is 0 Å². The van der Waals surface area contributed by atoms with Crippen molar-refractivity contribution < 1.29 is 17.9 Å². The van der Waals surface area contributed by atoms with E-state index in [-0.39, 0.29) is 23.4 Å². The molecule has 0 fully saturated rings. The predicted molar refractivity (Wildman–Crippen MR) is 87.6 cm³/mol. The highest BCUT2D eigenvalue weighted by Gasteiger charge is 2.32. The molecule has 0 aliphatic carbocycles. The number of hydrogen-bond acceptors (Lipinski definition) is 4. The summed E-state index contributed by atoms with van der Waals surface area (Å²) in [5, 5.41) is 3.88. The van der Waals surface area contributed by atoms with Crippen molar-refractivity contribution in [2.24, 2.45) is 5.10 Å². The van der Waals surface area contributed by atoms with Gasteiger partial charge in [0.25, 0.3) is 0 Å². The number of rotatable bonds is 4. The second-order valence-corrected chi connectivity index (χ2v) is 6.40. The van der Waals surface area contributed by atoms with Crippen LogP contribution in [0.2, 0.25) is 0 Å². The SMILES string of the molecule is O=C1NN=CC(c2ccc(CS(=O)[O-])cc2)C1c1ccc(F)cc1. The number of benzene rings is 2. The molecule has 0 bridgehead atoms. The van der Waals surface area contributed by atoms with Gasteiger partial charge in [0.15, 0.2) is 0 Å². The van der Waals surface area contributed by atoms with E-state index < -0.39 is 17.0 Å². The minimum Gasteiger partial charge on any atom is -0.772 e. The van der Waals surface area contributed by atoms with Crippen LogP contribution < -0.4 is 5.43 Å². The van der Waals surface area contributed by atoms with E-state index in [1.807, 2.05) is 0 Å². The van der Waals surface area contributed by atoms with Gasteiger partial charge in [0.05, 0.1) is 5.92 Å². The van der Waals surface area contributed by atoms with Gasteiger partial charge in [-0.1, -0.05) is 47.5 Å². The number of hydrazone groups is 1. The molecule has 3 rings (SSSR count). The van der Waals surface area contributed by atoms with Crippen LogP contribution >= 0.6 is 0 Å². The highest BCUT2D eigenvalue weighted by Crippen LogP contribution is 2.34. The Hall–Kier alpha value is -2.38. The Balaban J connectivity index is 1.92. The van der Waals surface area contributed by atoms with Crippen LogP contribution in [0.1, 0.15) is 28.5 Å². The fraction of sp³-hybridized carbons (Fsp3) is 0.176. The average molecular weight is 345 g/mol. The number of carbonyl (C=O) groups is 1. The van der Waals surface area contributed by atoms with Crippen LogP contribution in [0.5, 0.6) is 0 Å². The van der Waals surface area contributed by atoms with Gasteiger partial charge in [-0.25, -0.2) is 9.82 Å². The molecule has 2 aromatic rings. The van der Waals surface area contributed by atoms with Crippen molar-refractivity contribution in [1.29, 1.82) is 0 Å². The molecule has 3 unspecified atom stereocenters. The van der Waals surface area contributed by atoms with Gasteiger partial charge in [-0.2, -0.15) is 5.10 Å². The van der Waals surface area contributed by atoms with Crippen molar-refractivity contribution in [2.45, 2.75) is 17.6 Å². The summed E-state index contributed by atoms with van der Waals surface area (Å²) in [7, 11) is 0. The number of nitrogens with one attached hydrogen (secondary N) is 1. The van der Waals surface area contributed by atoms with Gasteiger partial charge in [-0.15, -0.1) is 0 Å². The number of carbonyl (C=O) groups excluding carboxylic acids is 1. The average Bonchev–Trinajstić information content (AvgIpc) is 2.56. The van der Waals surface area contributed by atoms with Crippen molar-refractivity contribution in [3.8, 4) is 0 Å². The molecular formula is C17H14FN2O3S-. The van der Waals surface area contributed by atoms with Crippen LogP contribution in [0.4, 0.5) is 4.39 Å². The molecule has 2 aromatic carbocycles. The molecule has 1 N–H and O–H groups in total. The lowest BCUT2D eigenvalue weighted by molar-refractivity contribution is -0.123. The van der Waals surface area contributed by atoms with E-state index in [9.17, 15) is 17.9 Å². The first kappa shape index (κ1) is 16.5. The van der Waals surface area contributed by atoms with E-state index in [0.717, 1.165) is 5.56 Å². The Morgan fingerprint density at radius 2 is 1.71 bits per heavy atom. The largest absolute Gasteiger partial charge is 0.772 e. The van der Waals surface area contributed by atoms with Crippen molar-refractivity contribution in [2.75, 3.05) is 0 Å². The maximum atomic E-state index is 13.1. The minimum atomic E-state index is -2.15. The molecule has 1 amide bonds. The van der Waals surface area contributed by atoms with Gasteiger partial charge in [0, 0.05) is 17.9 Å². The lowest BCUT2D eigenvalue weighted by Crippen LogP contribution is -2.34. The Kier molecular flexibility index (Phi) is 4.82. The van der Waals surface area contributed by atoms with Crippen molar-refractivity contribution in [1.82, 2.24) is 5.43 Å². The van der Waals surface area contributed by atoms with E-state index in [4.69, 9.17) is 0 Å². The van der Waals surface area contributed by atoms with Gasteiger partial charge in [-0.05, 0) is 28.8 Å². The summed E-state index contributed by atoms with van der Waals surface area (Å²) in [5.41, 5.74) is 4.63. The van der Waals surface area contributed by atoms with Crippen molar-refractivity contribution >= 4 is 23.2 Å². The third-order valence-corrected chi connectivity index (χ3v) is 4.50. The summed E-state index contributed by atoms with van der Waals surface area (Å²) in [6.45, 7) is 0. The molecule has 1 heterocycles.